The lowest BCUT2D eigenvalue weighted by Crippen LogP contribution is -2.17. The van der Waals surface area contributed by atoms with Crippen molar-refractivity contribution in [2.75, 3.05) is 37.1 Å². The van der Waals surface area contributed by atoms with Crippen LogP contribution in [0.25, 0.3) is 0 Å². The Morgan fingerprint density at radius 1 is 0.714 bits per heavy atom. The van der Waals surface area contributed by atoms with Crippen LogP contribution in [0.1, 0.15) is 64.3 Å². The van der Waals surface area contributed by atoms with Crippen molar-refractivity contribution in [1.29, 1.82) is 0 Å². The second-order valence-corrected chi connectivity index (χ2v) is 10.7. The predicted molar refractivity (Wildman–Crippen MR) is 162 cm³/mol. The highest BCUT2D eigenvalue weighted by Crippen LogP contribution is 2.31. The van der Waals surface area contributed by atoms with Crippen molar-refractivity contribution in [3.05, 3.63) is 76.9 Å². The van der Waals surface area contributed by atoms with Crippen LogP contribution < -0.4 is 30.6 Å². The van der Waals surface area contributed by atoms with Crippen molar-refractivity contribution in [2.45, 2.75) is 34.6 Å². The first-order valence-corrected chi connectivity index (χ1v) is 13.8. The number of hydrogen-bond acceptors (Lipinski definition) is 7. The minimum atomic E-state index is -0.605. The first-order valence-electron chi connectivity index (χ1n) is 13.8. The fourth-order valence-corrected chi connectivity index (χ4v) is 3.74. The zero-order chi connectivity index (χ0) is 30.8. The van der Waals surface area contributed by atoms with E-state index in [0.29, 0.717) is 47.4 Å². The fraction of sp³-hybridized carbons (Fsp3) is 0.344. The molecule has 0 radical (unpaired) electrons. The molecule has 0 unspecified atom stereocenters. The Bertz CT molecular complexity index is 1420. The molecule has 0 heterocycles. The average Bonchev–Trinajstić information content (AvgIpc) is 2.95. The van der Waals surface area contributed by atoms with Crippen molar-refractivity contribution >= 4 is 29.1 Å². The largest absolute Gasteiger partial charge is 0.491 e. The number of hydrogen-bond donors (Lipinski definition) is 4. The summed E-state index contributed by atoms with van der Waals surface area (Å²) in [5, 5.41) is 14.8. The van der Waals surface area contributed by atoms with E-state index in [9.17, 15) is 14.4 Å². The van der Waals surface area contributed by atoms with Crippen LogP contribution in [0.2, 0.25) is 0 Å². The SMILES string of the molecule is Cc1ccc(C(=O)Nc2ccc(C(=O)Nc3ccc(C(N)=O)cc3OCC(C)C)cc2OCC(C)C)cc1OCCO. The minimum absolute atomic E-state index is 0.114. The summed E-state index contributed by atoms with van der Waals surface area (Å²) in [5.74, 6) is 0.132. The van der Waals surface area contributed by atoms with Gasteiger partial charge in [-0.1, -0.05) is 33.8 Å². The Morgan fingerprint density at radius 2 is 1.17 bits per heavy atom. The second-order valence-electron chi connectivity index (χ2n) is 10.7. The zero-order valence-electron chi connectivity index (χ0n) is 24.7. The monoisotopic (exact) mass is 577 g/mol. The van der Waals surface area contributed by atoms with Crippen LogP contribution in [0.3, 0.4) is 0 Å². The van der Waals surface area contributed by atoms with Gasteiger partial charge in [0, 0.05) is 16.7 Å². The van der Waals surface area contributed by atoms with Crippen molar-refractivity contribution in [3.63, 3.8) is 0 Å². The number of amides is 3. The number of rotatable bonds is 14. The number of carbonyl (C=O) groups excluding carboxylic acids is 3. The summed E-state index contributed by atoms with van der Waals surface area (Å²) in [6, 6.07) is 14.4. The van der Waals surface area contributed by atoms with E-state index in [4.69, 9.17) is 25.1 Å². The first kappa shape index (κ1) is 32.0. The van der Waals surface area contributed by atoms with E-state index in [2.05, 4.69) is 10.6 Å². The topological polar surface area (TPSA) is 149 Å². The van der Waals surface area contributed by atoms with Crippen LogP contribution in [0, 0.1) is 18.8 Å². The summed E-state index contributed by atoms with van der Waals surface area (Å²) in [4.78, 5) is 38.1. The van der Waals surface area contributed by atoms with Gasteiger partial charge in [-0.25, -0.2) is 0 Å². The van der Waals surface area contributed by atoms with E-state index in [1.165, 1.54) is 12.1 Å². The molecule has 3 rings (SSSR count). The molecule has 0 aliphatic heterocycles. The van der Waals surface area contributed by atoms with Gasteiger partial charge < -0.3 is 35.7 Å². The molecule has 0 bridgehead atoms. The smallest absolute Gasteiger partial charge is 0.255 e. The number of ether oxygens (including phenoxy) is 3. The number of aliphatic hydroxyl groups is 1. The van der Waals surface area contributed by atoms with Crippen molar-refractivity contribution in [3.8, 4) is 17.2 Å². The molecule has 42 heavy (non-hydrogen) atoms. The Kier molecular flexibility index (Phi) is 11.3. The fourth-order valence-electron chi connectivity index (χ4n) is 3.74. The second kappa shape index (κ2) is 14.9. The molecule has 0 saturated carbocycles. The Balaban J connectivity index is 1.87. The Morgan fingerprint density at radius 3 is 1.64 bits per heavy atom. The molecule has 3 amide bonds. The van der Waals surface area contributed by atoms with E-state index in [-0.39, 0.29) is 36.2 Å². The third kappa shape index (κ3) is 8.97. The lowest BCUT2D eigenvalue weighted by Gasteiger charge is -2.17. The van der Waals surface area contributed by atoms with Gasteiger partial charge in [0.15, 0.2) is 0 Å². The quantitative estimate of drug-likeness (QED) is 0.210. The highest BCUT2D eigenvalue weighted by molar-refractivity contribution is 6.08. The van der Waals surface area contributed by atoms with Gasteiger partial charge >= 0.3 is 0 Å². The summed E-state index contributed by atoms with van der Waals surface area (Å²) in [6.07, 6.45) is 0. The summed E-state index contributed by atoms with van der Waals surface area (Å²) in [7, 11) is 0. The highest BCUT2D eigenvalue weighted by atomic mass is 16.5. The molecule has 0 saturated heterocycles. The molecule has 0 aliphatic rings. The molecule has 5 N–H and O–H groups in total. The standard InChI is InChI=1S/C32H39N3O7/c1-19(2)17-41-28-14-22(30(33)37)8-10-25(28)34-32(39)24-9-11-26(29(16-24)42-18-20(3)4)35-31(38)23-7-6-21(5)27(15-23)40-13-12-36/h6-11,14-16,19-20,36H,12-13,17-18H2,1-5H3,(H2,33,37)(H,34,39)(H,35,38). The predicted octanol–water partition coefficient (Wildman–Crippen LogP) is 5.04. The van der Waals surface area contributed by atoms with Crippen LogP contribution >= 0.6 is 0 Å². The van der Waals surface area contributed by atoms with E-state index < -0.39 is 17.7 Å². The third-order valence-corrected chi connectivity index (χ3v) is 5.95. The van der Waals surface area contributed by atoms with Gasteiger partial charge in [-0.15, -0.1) is 0 Å². The third-order valence-electron chi connectivity index (χ3n) is 5.95. The van der Waals surface area contributed by atoms with Crippen LogP contribution in [0.4, 0.5) is 11.4 Å². The molecule has 0 atom stereocenters. The van der Waals surface area contributed by atoms with Gasteiger partial charge in [0.2, 0.25) is 5.91 Å². The molecule has 0 spiro atoms. The molecule has 10 heteroatoms. The van der Waals surface area contributed by atoms with Crippen LogP contribution in [0.15, 0.2) is 54.6 Å². The average molecular weight is 578 g/mol. The first-order chi connectivity index (χ1) is 20.0. The molecular formula is C32H39N3O7. The molecule has 3 aromatic rings. The van der Waals surface area contributed by atoms with Crippen LogP contribution in [-0.4, -0.2) is 49.3 Å². The number of carbonyl (C=O) groups is 3. The van der Waals surface area contributed by atoms with Gasteiger partial charge in [0.05, 0.1) is 31.2 Å². The van der Waals surface area contributed by atoms with Crippen LogP contribution in [-0.2, 0) is 0 Å². The lowest BCUT2D eigenvalue weighted by atomic mass is 10.1. The number of primary amides is 1. The molecule has 0 aliphatic carbocycles. The zero-order valence-corrected chi connectivity index (χ0v) is 24.7. The number of anilines is 2. The van der Waals surface area contributed by atoms with E-state index in [0.717, 1.165) is 5.56 Å². The van der Waals surface area contributed by atoms with Gasteiger partial charge in [-0.05, 0) is 72.9 Å². The molecule has 3 aromatic carbocycles. The van der Waals surface area contributed by atoms with Crippen molar-refractivity contribution in [2.24, 2.45) is 17.6 Å². The van der Waals surface area contributed by atoms with E-state index in [1.54, 1.807) is 42.5 Å². The Hall–Kier alpha value is -4.57. The molecule has 0 aromatic heterocycles. The Labute approximate surface area is 246 Å². The van der Waals surface area contributed by atoms with Crippen LogP contribution in [0.5, 0.6) is 17.2 Å². The number of nitrogens with one attached hydrogen (secondary N) is 2. The van der Waals surface area contributed by atoms with Gasteiger partial charge in [0.25, 0.3) is 11.8 Å². The number of aryl methyl sites for hydroxylation is 1. The van der Waals surface area contributed by atoms with Crippen molar-refractivity contribution in [1.82, 2.24) is 0 Å². The minimum Gasteiger partial charge on any atom is -0.491 e. The maximum absolute atomic E-state index is 13.3. The summed E-state index contributed by atoms with van der Waals surface area (Å²) in [6.45, 7) is 10.5. The van der Waals surface area contributed by atoms with E-state index in [1.807, 2.05) is 34.6 Å². The highest BCUT2D eigenvalue weighted by Gasteiger charge is 2.18. The van der Waals surface area contributed by atoms with Gasteiger partial charge in [0.1, 0.15) is 23.9 Å². The maximum Gasteiger partial charge on any atom is 0.255 e. The number of nitrogens with two attached hydrogens (primary N) is 1. The number of benzene rings is 3. The maximum atomic E-state index is 13.3. The molecule has 10 nitrogen and oxygen atoms in total. The molecule has 0 fully saturated rings. The summed E-state index contributed by atoms with van der Waals surface area (Å²) in [5.41, 5.74) is 7.94. The van der Waals surface area contributed by atoms with Crippen molar-refractivity contribution < 1.29 is 33.7 Å². The van der Waals surface area contributed by atoms with Gasteiger partial charge in [-0.2, -0.15) is 0 Å². The lowest BCUT2D eigenvalue weighted by molar-refractivity contribution is 0.0996. The molecule has 224 valence electrons. The number of aliphatic hydroxyl groups excluding tert-OH is 1. The normalized spacial score (nSPS) is 10.9. The van der Waals surface area contributed by atoms with E-state index >= 15 is 0 Å². The summed E-state index contributed by atoms with van der Waals surface area (Å²) >= 11 is 0. The summed E-state index contributed by atoms with van der Waals surface area (Å²) < 4.78 is 17.3. The van der Waals surface area contributed by atoms with Gasteiger partial charge in [-0.3, -0.25) is 14.4 Å². The molecular weight excluding hydrogens is 538 g/mol.